The number of nitrogens with one attached hydrogen (secondary N) is 1. The van der Waals surface area contributed by atoms with Crippen LogP contribution in [0.5, 0.6) is 0 Å². The largest absolute Gasteiger partial charge is 0.355 e. The molecule has 2 heterocycles. The number of hydrogen-bond acceptors (Lipinski definition) is 4. The van der Waals surface area contributed by atoms with Crippen molar-refractivity contribution in [2.45, 2.75) is 56.7 Å². The molecule has 1 aromatic rings. The topological polar surface area (TPSA) is 66.5 Å². The predicted molar refractivity (Wildman–Crippen MR) is 93.1 cm³/mol. The van der Waals surface area contributed by atoms with Gasteiger partial charge in [-0.3, -0.25) is 4.79 Å². The van der Waals surface area contributed by atoms with E-state index in [0.717, 1.165) is 24.1 Å². The Morgan fingerprint density at radius 3 is 2.78 bits per heavy atom. The molecule has 2 rings (SSSR count). The van der Waals surface area contributed by atoms with Crippen molar-refractivity contribution in [1.29, 1.82) is 0 Å². The van der Waals surface area contributed by atoms with Gasteiger partial charge in [-0.1, -0.05) is 13.8 Å². The van der Waals surface area contributed by atoms with Gasteiger partial charge in [0.1, 0.15) is 10.3 Å². The van der Waals surface area contributed by atoms with Gasteiger partial charge in [0, 0.05) is 18.0 Å². The van der Waals surface area contributed by atoms with Crippen LogP contribution in [0.1, 0.15) is 44.4 Å². The van der Waals surface area contributed by atoms with Crippen LogP contribution >= 0.6 is 11.3 Å². The van der Waals surface area contributed by atoms with E-state index in [4.69, 9.17) is 0 Å². The third kappa shape index (κ3) is 4.55. The fourth-order valence-electron chi connectivity index (χ4n) is 2.80. The molecule has 1 aliphatic rings. The number of nitrogens with zero attached hydrogens (tertiary/aromatic N) is 1. The Morgan fingerprint density at radius 2 is 2.17 bits per heavy atom. The number of thiophene rings is 1. The molecule has 1 saturated heterocycles. The van der Waals surface area contributed by atoms with E-state index in [1.807, 2.05) is 6.92 Å². The van der Waals surface area contributed by atoms with Crippen molar-refractivity contribution >= 4 is 27.3 Å². The van der Waals surface area contributed by atoms with E-state index in [-0.39, 0.29) is 5.91 Å². The first-order chi connectivity index (χ1) is 10.8. The lowest BCUT2D eigenvalue weighted by Crippen LogP contribution is -2.45. The van der Waals surface area contributed by atoms with Crippen LogP contribution in [0.15, 0.2) is 16.3 Å². The first-order valence-electron chi connectivity index (χ1n) is 8.18. The molecule has 0 saturated carbocycles. The maximum absolute atomic E-state index is 12.7. The van der Waals surface area contributed by atoms with Gasteiger partial charge in [-0.15, -0.1) is 11.3 Å². The first kappa shape index (κ1) is 18.4. The summed E-state index contributed by atoms with van der Waals surface area (Å²) in [7, 11) is -3.57. The number of carbonyl (C=O) groups excluding carboxylic acids is 1. The molecule has 1 fully saturated rings. The molecular weight excluding hydrogens is 332 g/mol. The van der Waals surface area contributed by atoms with Crippen LogP contribution in [0, 0.1) is 12.8 Å². The lowest BCUT2D eigenvalue weighted by molar-refractivity contribution is -0.124. The lowest BCUT2D eigenvalue weighted by Gasteiger charge is -2.22. The average Bonchev–Trinajstić information content (AvgIpc) is 3.12. The van der Waals surface area contributed by atoms with E-state index >= 15 is 0 Å². The van der Waals surface area contributed by atoms with Crippen LogP contribution in [0.2, 0.25) is 0 Å². The minimum Gasteiger partial charge on any atom is -0.355 e. The molecule has 0 bridgehead atoms. The molecule has 0 aromatic carbocycles. The first-order valence-corrected chi connectivity index (χ1v) is 10.4. The Balaban J connectivity index is 2.00. The Labute approximate surface area is 143 Å². The SMILES string of the molecule is Cc1ccc(S(=O)(=O)N2CCCC2C(=O)NCCCC(C)C)s1. The van der Waals surface area contributed by atoms with Gasteiger partial charge in [0.15, 0.2) is 0 Å². The summed E-state index contributed by atoms with van der Waals surface area (Å²) >= 11 is 1.26. The lowest BCUT2D eigenvalue weighted by atomic mass is 10.1. The van der Waals surface area contributed by atoms with E-state index in [9.17, 15) is 13.2 Å². The van der Waals surface area contributed by atoms with Crippen molar-refractivity contribution in [3.8, 4) is 0 Å². The highest BCUT2D eigenvalue weighted by Crippen LogP contribution is 2.30. The maximum Gasteiger partial charge on any atom is 0.253 e. The Morgan fingerprint density at radius 1 is 1.43 bits per heavy atom. The summed E-state index contributed by atoms with van der Waals surface area (Å²) in [5.74, 6) is 0.445. The highest BCUT2D eigenvalue weighted by molar-refractivity contribution is 7.91. The van der Waals surface area contributed by atoms with E-state index < -0.39 is 16.1 Å². The second kappa shape index (κ2) is 7.77. The highest BCUT2D eigenvalue weighted by Gasteiger charge is 2.39. The van der Waals surface area contributed by atoms with Crippen molar-refractivity contribution in [3.63, 3.8) is 0 Å². The molecule has 1 aliphatic heterocycles. The summed E-state index contributed by atoms with van der Waals surface area (Å²) in [6.45, 7) is 7.21. The normalized spacial score (nSPS) is 19.4. The molecule has 1 aromatic heterocycles. The molecule has 7 heteroatoms. The van der Waals surface area contributed by atoms with Crippen molar-refractivity contribution in [2.24, 2.45) is 5.92 Å². The van der Waals surface area contributed by atoms with Gasteiger partial charge >= 0.3 is 0 Å². The summed E-state index contributed by atoms with van der Waals surface area (Å²) < 4.78 is 27.2. The maximum atomic E-state index is 12.7. The second-order valence-corrected chi connectivity index (χ2v) is 9.87. The molecule has 1 unspecified atom stereocenters. The molecule has 0 radical (unpaired) electrons. The van der Waals surface area contributed by atoms with Gasteiger partial charge in [0.05, 0.1) is 0 Å². The quantitative estimate of drug-likeness (QED) is 0.762. The van der Waals surface area contributed by atoms with Crippen molar-refractivity contribution in [3.05, 3.63) is 17.0 Å². The molecular formula is C16H26N2O3S2. The summed E-state index contributed by atoms with van der Waals surface area (Å²) in [6.07, 6.45) is 3.31. The number of hydrogen-bond donors (Lipinski definition) is 1. The zero-order valence-corrected chi connectivity index (χ0v) is 15.7. The predicted octanol–water partition coefficient (Wildman–Crippen LogP) is 2.76. The second-order valence-electron chi connectivity index (χ2n) is 6.47. The summed E-state index contributed by atoms with van der Waals surface area (Å²) in [5, 5.41) is 2.90. The minimum atomic E-state index is -3.57. The average molecular weight is 359 g/mol. The number of carbonyl (C=O) groups is 1. The molecule has 130 valence electrons. The van der Waals surface area contributed by atoms with E-state index in [1.54, 1.807) is 12.1 Å². The number of aryl methyl sites for hydroxylation is 1. The third-order valence-electron chi connectivity index (χ3n) is 4.04. The van der Waals surface area contributed by atoms with Gasteiger partial charge < -0.3 is 5.32 Å². The van der Waals surface area contributed by atoms with Crippen LogP contribution in [0.4, 0.5) is 0 Å². The molecule has 1 N–H and O–H groups in total. The summed E-state index contributed by atoms with van der Waals surface area (Å²) in [4.78, 5) is 13.3. The summed E-state index contributed by atoms with van der Waals surface area (Å²) in [6, 6.07) is 2.86. The van der Waals surface area contributed by atoms with Gasteiger partial charge in [-0.25, -0.2) is 8.42 Å². The number of amides is 1. The Kier molecular flexibility index (Phi) is 6.22. The fourth-order valence-corrected chi connectivity index (χ4v) is 5.86. The van der Waals surface area contributed by atoms with Gasteiger partial charge in [0.25, 0.3) is 10.0 Å². The smallest absolute Gasteiger partial charge is 0.253 e. The van der Waals surface area contributed by atoms with Gasteiger partial charge in [-0.05, 0) is 50.7 Å². The van der Waals surface area contributed by atoms with E-state index in [0.29, 0.717) is 29.6 Å². The van der Waals surface area contributed by atoms with Crippen LogP contribution in [-0.4, -0.2) is 37.8 Å². The van der Waals surface area contributed by atoms with Gasteiger partial charge in [0.2, 0.25) is 5.91 Å². The molecule has 23 heavy (non-hydrogen) atoms. The summed E-state index contributed by atoms with van der Waals surface area (Å²) in [5.41, 5.74) is 0. The molecule has 0 spiro atoms. The number of rotatable bonds is 7. The Hall–Kier alpha value is -0.920. The zero-order valence-electron chi connectivity index (χ0n) is 14.0. The van der Waals surface area contributed by atoms with Crippen molar-refractivity contribution in [1.82, 2.24) is 9.62 Å². The standard InChI is InChI=1S/C16H26N2O3S2/c1-12(2)6-4-10-17-16(19)14-7-5-11-18(14)23(20,21)15-9-8-13(3)22-15/h8-9,12,14H,4-7,10-11H2,1-3H3,(H,17,19). The van der Waals surface area contributed by atoms with Crippen LogP contribution in [-0.2, 0) is 14.8 Å². The highest BCUT2D eigenvalue weighted by atomic mass is 32.2. The van der Waals surface area contributed by atoms with Crippen LogP contribution in [0.3, 0.4) is 0 Å². The molecule has 5 nitrogen and oxygen atoms in total. The third-order valence-corrected chi connectivity index (χ3v) is 7.42. The van der Waals surface area contributed by atoms with Gasteiger partial charge in [-0.2, -0.15) is 4.31 Å². The van der Waals surface area contributed by atoms with Crippen molar-refractivity contribution < 1.29 is 13.2 Å². The molecule has 0 aliphatic carbocycles. The van der Waals surface area contributed by atoms with Crippen LogP contribution < -0.4 is 5.32 Å². The number of sulfonamides is 1. The molecule has 1 amide bonds. The minimum absolute atomic E-state index is 0.164. The van der Waals surface area contributed by atoms with Crippen molar-refractivity contribution in [2.75, 3.05) is 13.1 Å². The monoisotopic (exact) mass is 358 g/mol. The van der Waals surface area contributed by atoms with Crippen LogP contribution in [0.25, 0.3) is 0 Å². The fraction of sp³-hybridized carbons (Fsp3) is 0.688. The van der Waals surface area contributed by atoms with E-state index in [1.165, 1.54) is 15.6 Å². The Bertz CT molecular complexity index is 638. The zero-order chi connectivity index (χ0) is 17.0. The molecule has 1 atom stereocenters. The van der Waals surface area contributed by atoms with E-state index in [2.05, 4.69) is 19.2 Å².